The highest BCUT2D eigenvalue weighted by atomic mass is 19.4. The summed E-state index contributed by atoms with van der Waals surface area (Å²) >= 11 is 0. The van der Waals surface area contributed by atoms with Crippen molar-refractivity contribution >= 4 is 5.91 Å². The minimum atomic E-state index is -4.36. The highest BCUT2D eigenvalue weighted by Crippen LogP contribution is 2.17. The van der Waals surface area contributed by atoms with Crippen molar-refractivity contribution in [1.29, 1.82) is 0 Å². The molecule has 0 saturated carbocycles. The van der Waals surface area contributed by atoms with Gasteiger partial charge in [-0.25, -0.2) is 0 Å². The molecule has 1 amide bonds. The van der Waals surface area contributed by atoms with E-state index in [1.807, 2.05) is 0 Å². The molecule has 1 aliphatic heterocycles. The van der Waals surface area contributed by atoms with Gasteiger partial charge in [-0.15, -0.1) is 0 Å². The lowest BCUT2D eigenvalue weighted by Crippen LogP contribution is -2.45. The lowest BCUT2D eigenvalue weighted by molar-refractivity contribution is -0.152. The van der Waals surface area contributed by atoms with Crippen LogP contribution in [0.4, 0.5) is 13.2 Å². The number of carbonyl (C=O) groups is 1. The van der Waals surface area contributed by atoms with Crippen LogP contribution in [0.25, 0.3) is 0 Å². The predicted molar refractivity (Wildman–Crippen MR) is 69.2 cm³/mol. The number of aliphatic hydroxyl groups excluding tert-OH is 1. The first-order valence-corrected chi connectivity index (χ1v) is 7.10. The first kappa shape index (κ1) is 17.2. The van der Waals surface area contributed by atoms with Crippen molar-refractivity contribution in [3.63, 3.8) is 0 Å². The Labute approximate surface area is 117 Å². The number of nitrogens with zero attached hydrogens (tertiary/aromatic N) is 2. The van der Waals surface area contributed by atoms with Crippen molar-refractivity contribution in [1.82, 2.24) is 9.80 Å². The van der Waals surface area contributed by atoms with E-state index in [0.717, 1.165) is 37.0 Å². The zero-order valence-electron chi connectivity index (χ0n) is 11.7. The van der Waals surface area contributed by atoms with Gasteiger partial charge in [-0.05, 0) is 12.8 Å². The summed E-state index contributed by atoms with van der Waals surface area (Å²) in [5.74, 6) is -0.274. The minimum Gasteiger partial charge on any atom is -0.395 e. The van der Waals surface area contributed by atoms with Crippen LogP contribution in [0.1, 0.15) is 32.1 Å². The molecule has 20 heavy (non-hydrogen) atoms. The van der Waals surface area contributed by atoms with Crippen LogP contribution in [-0.4, -0.2) is 66.3 Å². The molecule has 1 saturated heterocycles. The topological polar surface area (TPSA) is 43.8 Å². The maximum absolute atomic E-state index is 12.4. The van der Waals surface area contributed by atoms with Gasteiger partial charge in [0.2, 0.25) is 5.91 Å². The maximum Gasteiger partial charge on any atom is 0.401 e. The fraction of sp³-hybridized carbons (Fsp3) is 0.923. The van der Waals surface area contributed by atoms with Crippen LogP contribution in [0.15, 0.2) is 0 Å². The fourth-order valence-corrected chi connectivity index (χ4v) is 2.40. The molecule has 0 aromatic heterocycles. The zero-order chi connectivity index (χ0) is 15.0. The van der Waals surface area contributed by atoms with Gasteiger partial charge >= 0.3 is 6.18 Å². The Morgan fingerprint density at radius 3 is 2.15 bits per heavy atom. The second kappa shape index (κ2) is 8.46. The van der Waals surface area contributed by atoms with Crippen LogP contribution in [0.5, 0.6) is 0 Å². The summed E-state index contributed by atoms with van der Waals surface area (Å²) < 4.78 is 37.2. The molecule has 0 radical (unpaired) electrons. The second-order valence-electron chi connectivity index (χ2n) is 5.20. The molecule has 1 rings (SSSR count). The van der Waals surface area contributed by atoms with Crippen molar-refractivity contribution in [2.75, 3.05) is 39.3 Å². The molecular weight excluding hydrogens is 273 g/mol. The minimum absolute atomic E-state index is 0.140. The van der Waals surface area contributed by atoms with Crippen LogP contribution in [-0.2, 0) is 4.79 Å². The van der Waals surface area contributed by atoms with Crippen molar-refractivity contribution in [2.45, 2.75) is 38.3 Å². The SMILES string of the molecule is O=C(CN(CCO)CC(F)(F)F)N1CCCCCCC1. The van der Waals surface area contributed by atoms with Gasteiger partial charge in [0.25, 0.3) is 0 Å². The third-order valence-electron chi connectivity index (χ3n) is 3.39. The van der Waals surface area contributed by atoms with E-state index in [1.54, 1.807) is 4.90 Å². The highest BCUT2D eigenvalue weighted by molar-refractivity contribution is 5.78. The van der Waals surface area contributed by atoms with E-state index in [-0.39, 0.29) is 25.6 Å². The van der Waals surface area contributed by atoms with E-state index >= 15 is 0 Å². The molecule has 1 heterocycles. The molecule has 0 atom stereocenters. The fourth-order valence-electron chi connectivity index (χ4n) is 2.40. The summed E-state index contributed by atoms with van der Waals surface area (Å²) in [6.45, 7) is -0.717. The molecule has 1 N–H and O–H groups in total. The number of carbonyl (C=O) groups excluding carboxylic acids is 1. The van der Waals surface area contributed by atoms with Crippen molar-refractivity contribution < 1.29 is 23.1 Å². The second-order valence-corrected chi connectivity index (χ2v) is 5.20. The van der Waals surface area contributed by atoms with E-state index in [9.17, 15) is 18.0 Å². The Kier molecular flexibility index (Phi) is 7.29. The normalized spacial score (nSPS) is 17.9. The van der Waals surface area contributed by atoms with E-state index < -0.39 is 12.7 Å². The number of hydrogen-bond donors (Lipinski definition) is 1. The van der Waals surface area contributed by atoms with Crippen LogP contribution in [0, 0.1) is 0 Å². The highest BCUT2D eigenvalue weighted by Gasteiger charge is 2.31. The molecule has 7 heteroatoms. The molecule has 1 fully saturated rings. The van der Waals surface area contributed by atoms with Gasteiger partial charge in [0.05, 0.1) is 19.7 Å². The smallest absolute Gasteiger partial charge is 0.395 e. The molecule has 0 bridgehead atoms. The Morgan fingerprint density at radius 1 is 1.10 bits per heavy atom. The third kappa shape index (κ3) is 7.09. The summed E-state index contributed by atoms with van der Waals surface area (Å²) in [5, 5.41) is 8.81. The zero-order valence-corrected chi connectivity index (χ0v) is 11.7. The molecule has 0 aromatic carbocycles. The average Bonchev–Trinajstić information content (AvgIpc) is 2.25. The summed E-state index contributed by atoms with van der Waals surface area (Å²) in [6, 6.07) is 0. The van der Waals surface area contributed by atoms with Crippen molar-refractivity contribution in [2.24, 2.45) is 0 Å². The van der Waals surface area contributed by atoms with Crippen LogP contribution < -0.4 is 0 Å². The standard InChI is InChI=1S/C13H23F3N2O2/c14-13(15,16)11-17(8-9-19)10-12(20)18-6-4-2-1-3-5-7-18/h19H,1-11H2. The molecule has 1 aliphatic rings. The van der Waals surface area contributed by atoms with Gasteiger partial charge in [-0.1, -0.05) is 19.3 Å². The van der Waals surface area contributed by atoms with Gasteiger partial charge in [-0.2, -0.15) is 13.2 Å². The molecule has 118 valence electrons. The van der Waals surface area contributed by atoms with E-state index in [4.69, 9.17) is 5.11 Å². The monoisotopic (exact) mass is 296 g/mol. The third-order valence-corrected chi connectivity index (χ3v) is 3.39. The summed E-state index contributed by atoms with van der Waals surface area (Å²) in [5.41, 5.74) is 0. The lowest BCUT2D eigenvalue weighted by atomic mass is 10.1. The van der Waals surface area contributed by atoms with E-state index in [1.165, 1.54) is 0 Å². The molecule has 0 aliphatic carbocycles. The van der Waals surface area contributed by atoms with Crippen LogP contribution in [0.2, 0.25) is 0 Å². The van der Waals surface area contributed by atoms with E-state index in [0.29, 0.717) is 13.1 Å². The summed E-state index contributed by atoms with van der Waals surface area (Å²) in [6.07, 6.45) is 0.744. The van der Waals surface area contributed by atoms with Crippen LogP contribution >= 0.6 is 0 Å². The maximum atomic E-state index is 12.4. The Balaban J connectivity index is 2.50. The molecular formula is C13H23F3N2O2. The van der Waals surface area contributed by atoms with Gasteiger partial charge in [0, 0.05) is 19.6 Å². The number of aliphatic hydroxyl groups is 1. The predicted octanol–water partition coefficient (Wildman–Crippen LogP) is 1.64. The number of alkyl halides is 3. The number of rotatable bonds is 5. The van der Waals surface area contributed by atoms with Gasteiger partial charge in [0.15, 0.2) is 0 Å². The Hall–Kier alpha value is -0.820. The van der Waals surface area contributed by atoms with Crippen LogP contribution in [0.3, 0.4) is 0 Å². The van der Waals surface area contributed by atoms with Crippen molar-refractivity contribution in [3.05, 3.63) is 0 Å². The quantitative estimate of drug-likeness (QED) is 0.839. The summed E-state index contributed by atoms with van der Waals surface area (Å²) in [4.78, 5) is 14.7. The Bertz CT molecular complexity index is 290. The molecule has 0 aromatic rings. The number of halogens is 3. The molecule has 0 spiro atoms. The largest absolute Gasteiger partial charge is 0.401 e. The first-order chi connectivity index (χ1) is 9.42. The first-order valence-electron chi connectivity index (χ1n) is 7.10. The number of amides is 1. The van der Waals surface area contributed by atoms with Gasteiger partial charge in [-0.3, -0.25) is 9.69 Å². The molecule has 0 unspecified atom stereocenters. The van der Waals surface area contributed by atoms with Crippen molar-refractivity contribution in [3.8, 4) is 0 Å². The number of hydrogen-bond acceptors (Lipinski definition) is 3. The van der Waals surface area contributed by atoms with Gasteiger partial charge < -0.3 is 10.0 Å². The van der Waals surface area contributed by atoms with Gasteiger partial charge in [0.1, 0.15) is 0 Å². The average molecular weight is 296 g/mol. The number of likely N-dealkylation sites (tertiary alicyclic amines) is 1. The lowest BCUT2D eigenvalue weighted by Gasteiger charge is -2.28. The van der Waals surface area contributed by atoms with E-state index in [2.05, 4.69) is 0 Å². The summed E-state index contributed by atoms with van der Waals surface area (Å²) in [7, 11) is 0. The Morgan fingerprint density at radius 2 is 1.65 bits per heavy atom. The molecule has 4 nitrogen and oxygen atoms in total.